The van der Waals surface area contributed by atoms with Gasteiger partial charge in [-0.05, 0) is 30.7 Å². The van der Waals surface area contributed by atoms with Crippen molar-refractivity contribution in [2.45, 2.75) is 13.5 Å². The fraction of sp³-hybridized carbons (Fsp3) is 0.316. The van der Waals surface area contributed by atoms with Crippen molar-refractivity contribution in [2.24, 2.45) is 0 Å². The number of hydrogen-bond acceptors (Lipinski definition) is 7. The van der Waals surface area contributed by atoms with Crippen LogP contribution in [0.3, 0.4) is 0 Å². The molecule has 1 aliphatic heterocycles. The zero-order valence-electron chi connectivity index (χ0n) is 15.5. The summed E-state index contributed by atoms with van der Waals surface area (Å²) >= 11 is 0. The molecule has 28 heavy (non-hydrogen) atoms. The topological polar surface area (TPSA) is 100 Å². The van der Waals surface area contributed by atoms with Gasteiger partial charge in [0.25, 0.3) is 11.6 Å². The van der Waals surface area contributed by atoms with Crippen LogP contribution in [0.1, 0.15) is 12.5 Å². The molecule has 0 aliphatic carbocycles. The van der Waals surface area contributed by atoms with Crippen molar-refractivity contribution in [3.8, 4) is 23.0 Å². The Morgan fingerprint density at radius 1 is 1.18 bits per heavy atom. The van der Waals surface area contributed by atoms with Gasteiger partial charge < -0.3 is 23.8 Å². The molecule has 2 aromatic carbocycles. The van der Waals surface area contributed by atoms with Gasteiger partial charge in [0.1, 0.15) is 0 Å². The number of carbonyl (C=O) groups excluding carboxylic acids is 1. The first-order chi connectivity index (χ1) is 13.5. The molecule has 148 valence electrons. The second-order valence-electron chi connectivity index (χ2n) is 5.98. The van der Waals surface area contributed by atoms with Crippen molar-refractivity contribution in [2.75, 3.05) is 27.1 Å². The van der Waals surface area contributed by atoms with E-state index in [4.69, 9.17) is 18.9 Å². The average Bonchev–Trinajstić information content (AvgIpc) is 3.17. The largest absolute Gasteiger partial charge is 0.493 e. The van der Waals surface area contributed by atoms with Gasteiger partial charge in [0.15, 0.2) is 29.6 Å². The summed E-state index contributed by atoms with van der Waals surface area (Å²) < 4.78 is 21.3. The number of likely N-dealkylation sites (N-methyl/N-ethyl adjacent to an activating group) is 1. The highest BCUT2D eigenvalue weighted by molar-refractivity contribution is 5.78. The van der Waals surface area contributed by atoms with Crippen LogP contribution < -0.4 is 18.9 Å². The highest BCUT2D eigenvalue weighted by Crippen LogP contribution is 2.33. The van der Waals surface area contributed by atoms with Gasteiger partial charge in [-0.3, -0.25) is 14.9 Å². The number of rotatable bonds is 8. The number of nitrogens with zero attached hydrogens (tertiary/aromatic N) is 2. The molecule has 0 N–H and O–H groups in total. The van der Waals surface area contributed by atoms with Crippen LogP contribution in [0.25, 0.3) is 0 Å². The maximum atomic E-state index is 12.6. The maximum Gasteiger partial charge on any atom is 0.273 e. The van der Waals surface area contributed by atoms with Crippen LogP contribution in [-0.2, 0) is 11.3 Å². The van der Waals surface area contributed by atoms with Crippen LogP contribution in [-0.4, -0.2) is 42.8 Å². The molecular formula is C19H20N2O7. The summed E-state index contributed by atoms with van der Waals surface area (Å²) in [6, 6.07) is 9.49. The maximum absolute atomic E-state index is 12.6. The van der Waals surface area contributed by atoms with Crippen LogP contribution in [0.5, 0.6) is 23.0 Å². The molecule has 0 spiro atoms. The fourth-order valence-electron chi connectivity index (χ4n) is 2.76. The number of methoxy groups -OCH3 is 1. The van der Waals surface area contributed by atoms with E-state index in [0.29, 0.717) is 30.3 Å². The Morgan fingerprint density at radius 3 is 2.68 bits per heavy atom. The summed E-state index contributed by atoms with van der Waals surface area (Å²) in [6.07, 6.45) is 0. The zero-order valence-corrected chi connectivity index (χ0v) is 15.5. The van der Waals surface area contributed by atoms with E-state index >= 15 is 0 Å². The summed E-state index contributed by atoms with van der Waals surface area (Å²) in [5.74, 6) is 1.54. The Kier molecular flexibility index (Phi) is 5.83. The van der Waals surface area contributed by atoms with E-state index in [9.17, 15) is 14.9 Å². The molecule has 1 amide bonds. The number of carbonyl (C=O) groups is 1. The van der Waals surface area contributed by atoms with Gasteiger partial charge in [0.2, 0.25) is 6.79 Å². The summed E-state index contributed by atoms with van der Waals surface area (Å²) in [6.45, 7) is 2.63. The Morgan fingerprint density at radius 2 is 1.96 bits per heavy atom. The van der Waals surface area contributed by atoms with Crippen molar-refractivity contribution < 1.29 is 28.7 Å². The molecule has 0 aromatic heterocycles. The summed E-state index contributed by atoms with van der Waals surface area (Å²) in [5.41, 5.74) is 0.753. The van der Waals surface area contributed by atoms with E-state index in [1.54, 1.807) is 11.0 Å². The molecule has 0 bridgehead atoms. The fourth-order valence-corrected chi connectivity index (χ4v) is 2.76. The summed E-state index contributed by atoms with van der Waals surface area (Å²) in [4.78, 5) is 24.6. The molecule has 0 radical (unpaired) electrons. The highest BCUT2D eigenvalue weighted by atomic mass is 16.7. The monoisotopic (exact) mass is 388 g/mol. The van der Waals surface area contributed by atoms with Crippen molar-refractivity contribution in [3.05, 3.63) is 52.1 Å². The van der Waals surface area contributed by atoms with Crippen molar-refractivity contribution in [3.63, 3.8) is 0 Å². The first-order valence-electron chi connectivity index (χ1n) is 8.63. The Balaban J connectivity index is 1.66. The third-order valence-corrected chi connectivity index (χ3v) is 4.25. The number of ether oxygens (including phenoxy) is 4. The predicted molar refractivity (Wildman–Crippen MR) is 98.8 cm³/mol. The lowest BCUT2D eigenvalue weighted by molar-refractivity contribution is -0.385. The molecule has 1 aliphatic rings. The molecule has 3 rings (SSSR count). The van der Waals surface area contributed by atoms with Gasteiger partial charge in [0.05, 0.1) is 18.1 Å². The van der Waals surface area contributed by atoms with E-state index < -0.39 is 4.92 Å². The number of nitro benzene ring substituents is 1. The summed E-state index contributed by atoms with van der Waals surface area (Å²) in [7, 11) is 1.42. The molecule has 1 heterocycles. The van der Waals surface area contributed by atoms with Crippen molar-refractivity contribution in [1.82, 2.24) is 4.90 Å². The molecule has 2 aromatic rings. The molecular weight excluding hydrogens is 368 g/mol. The van der Waals surface area contributed by atoms with Gasteiger partial charge in [0, 0.05) is 19.2 Å². The normalized spacial score (nSPS) is 11.8. The molecule has 9 nitrogen and oxygen atoms in total. The average molecular weight is 388 g/mol. The van der Waals surface area contributed by atoms with Crippen LogP contribution >= 0.6 is 0 Å². The number of benzene rings is 2. The van der Waals surface area contributed by atoms with Crippen LogP contribution in [0.4, 0.5) is 5.69 Å². The second-order valence-corrected chi connectivity index (χ2v) is 5.98. The minimum Gasteiger partial charge on any atom is -0.493 e. The number of amides is 1. The first kappa shape index (κ1) is 19.3. The van der Waals surface area contributed by atoms with Gasteiger partial charge in [-0.15, -0.1) is 0 Å². The number of hydrogen-bond donors (Lipinski definition) is 0. The standard InChI is InChI=1S/C19H20N2O7/c1-3-20(10-13-4-6-16-17(8-13)28-12-27-16)19(22)11-26-18-9-14(21(23)24)5-7-15(18)25-2/h4-9H,3,10-12H2,1-2H3. The van der Waals surface area contributed by atoms with Gasteiger partial charge in [-0.1, -0.05) is 6.07 Å². The smallest absolute Gasteiger partial charge is 0.273 e. The van der Waals surface area contributed by atoms with Crippen LogP contribution in [0.15, 0.2) is 36.4 Å². The van der Waals surface area contributed by atoms with Crippen LogP contribution in [0, 0.1) is 10.1 Å². The molecule has 0 atom stereocenters. The van der Waals surface area contributed by atoms with Crippen molar-refractivity contribution in [1.29, 1.82) is 0 Å². The SMILES string of the molecule is CCN(Cc1ccc2c(c1)OCO2)C(=O)COc1cc([N+](=O)[O-])ccc1OC. The quantitative estimate of drug-likeness (QED) is 0.506. The predicted octanol–water partition coefficient (Wildman–Crippen LogP) is 2.76. The zero-order chi connectivity index (χ0) is 20.1. The molecule has 9 heteroatoms. The molecule has 0 fully saturated rings. The summed E-state index contributed by atoms with van der Waals surface area (Å²) in [5, 5.41) is 10.9. The Bertz CT molecular complexity index is 885. The molecule has 0 saturated carbocycles. The van der Waals surface area contributed by atoms with Crippen molar-refractivity contribution >= 4 is 11.6 Å². The highest BCUT2D eigenvalue weighted by Gasteiger charge is 2.19. The van der Waals surface area contributed by atoms with E-state index in [1.165, 1.54) is 25.3 Å². The minimum absolute atomic E-state index is 0.143. The lowest BCUT2D eigenvalue weighted by Crippen LogP contribution is -2.34. The Hall–Kier alpha value is -3.49. The third kappa shape index (κ3) is 4.25. The van der Waals surface area contributed by atoms with Crippen LogP contribution in [0.2, 0.25) is 0 Å². The number of fused-ring (bicyclic) bond motifs is 1. The number of nitro groups is 1. The van der Waals surface area contributed by atoms with Gasteiger partial charge >= 0.3 is 0 Å². The molecule has 0 saturated heterocycles. The minimum atomic E-state index is -0.536. The second kappa shape index (κ2) is 8.47. The lowest BCUT2D eigenvalue weighted by Gasteiger charge is -2.21. The first-order valence-corrected chi connectivity index (χ1v) is 8.63. The Labute approximate surface area is 161 Å². The lowest BCUT2D eigenvalue weighted by atomic mass is 10.2. The van der Waals surface area contributed by atoms with Gasteiger partial charge in [-0.2, -0.15) is 0 Å². The van der Waals surface area contributed by atoms with Gasteiger partial charge in [-0.25, -0.2) is 0 Å². The van der Waals surface area contributed by atoms with E-state index in [1.807, 2.05) is 19.1 Å². The van der Waals surface area contributed by atoms with E-state index in [-0.39, 0.29) is 30.7 Å². The van der Waals surface area contributed by atoms with E-state index in [2.05, 4.69) is 0 Å². The number of non-ortho nitro benzene ring substituents is 1. The third-order valence-electron chi connectivity index (χ3n) is 4.25. The van der Waals surface area contributed by atoms with E-state index in [0.717, 1.165) is 5.56 Å². The molecule has 0 unspecified atom stereocenters.